The number of halogens is 1. The largest absolute Gasteiger partial charge is 0.492 e. The van der Waals surface area contributed by atoms with Crippen LogP contribution < -0.4 is 15.4 Å². The number of amides is 1. The van der Waals surface area contributed by atoms with Gasteiger partial charge in [-0.3, -0.25) is 19.8 Å². The first-order valence-electron chi connectivity index (χ1n) is 17.0. The van der Waals surface area contributed by atoms with Crippen LogP contribution in [0.15, 0.2) is 67.3 Å². The van der Waals surface area contributed by atoms with E-state index in [2.05, 4.69) is 45.7 Å². The van der Waals surface area contributed by atoms with Gasteiger partial charge in [-0.15, -0.1) is 0 Å². The summed E-state index contributed by atoms with van der Waals surface area (Å²) in [5, 5.41) is 15.6. The van der Waals surface area contributed by atoms with Crippen molar-refractivity contribution in [2.24, 2.45) is 5.92 Å². The molecule has 0 spiro atoms. The standard InChI is InChI=1S/C37H38FN9O2/c38-27-14-24(16-29(18-27)49-12-11-47-9-1-2-10-47)30-5-8-41-36-31(30)19-33(44-36)35-32-17-26(21-42-37(32)46-45-35)25-15-28(22-40-20-25)43-34(48)13-23-3-6-39-7-4-23/h5,8,14-23,39H,1-4,6-7,9-13H2,(H,41,44)(H,43,48)(H,42,45,46). The predicted molar refractivity (Wildman–Crippen MR) is 188 cm³/mol. The quantitative estimate of drug-likeness (QED) is 0.137. The Kier molecular flexibility index (Phi) is 8.71. The van der Waals surface area contributed by atoms with Gasteiger partial charge in [0.25, 0.3) is 0 Å². The molecule has 0 saturated carbocycles. The summed E-state index contributed by atoms with van der Waals surface area (Å²) < 4.78 is 20.8. The first kappa shape index (κ1) is 31.1. The van der Waals surface area contributed by atoms with Crippen LogP contribution in [0.4, 0.5) is 10.1 Å². The minimum absolute atomic E-state index is 0.00264. The van der Waals surface area contributed by atoms with Crippen molar-refractivity contribution < 1.29 is 13.9 Å². The van der Waals surface area contributed by atoms with E-state index < -0.39 is 0 Å². The molecular weight excluding hydrogens is 621 g/mol. The van der Waals surface area contributed by atoms with Gasteiger partial charge in [0.1, 0.15) is 23.8 Å². The molecule has 2 aliphatic heterocycles. The second-order valence-electron chi connectivity index (χ2n) is 13.0. The normalized spacial score (nSPS) is 15.7. The number of carbonyl (C=O) groups excluding carboxylic acids is 1. The van der Waals surface area contributed by atoms with E-state index in [0.29, 0.717) is 47.2 Å². The van der Waals surface area contributed by atoms with Crippen LogP contribution in [0.1, 0.15) is 32.1 Å². The molecule has 1 aromatic carbocycles. The van der Waals surface area contributed by atoms with E-state index in [4.69, 9.17) is 4.74 Å². The maximum absolute atomic E-state index is 14.8. The lowest BCUT2D eigenvalue weighted by Gasteiger charge is -2.21. The molecule has 1 amide bonds. The summed E-state index contributed by atoms with van der Waals surface area (Å²) in [6, 6.07) is 12.7. The topological polar surface area (TPSA) is 137 Å². The van der Waals surface area contributed by atoms with Crippen molar-refractivity contribution >= 4 is 33.7 Å². The van der Waals surface area contributed by atoms with E-state index in [0.717, 1.165) is 84.4 Å². The summed E-state index contributed by atoms with van der Waals surface area (Å²) in [6.45, 7) is 5.44. The Morgan fingerprint density at radius 2 is 1.82 bits per heavy atom. The highest BCUT2D eigenvalue weighted by Gasteiger charge is 2.19. The Hall–Kier alpha value is -5.20. The highest BCUT2D eigenvalue weighted by Crippen LogP contribution is 2.35. The molecule has 5 aromatic heterocycles. The average Bonchev–Trinajstić information content (AvgIpc) is 3.88. The van der Waals surface area contributed by atoms with E-state index >= 15 is 0 Å². The molecular formula is C37H38FN9O2. The molecule has 6 aromatic rings. The van der Waals surface area contributed by atoms with E-state index in [1.807, 2.05) is 30.3 Å². The molecule has 0 radical (unpaired) electrons. The van der Waals surface area contributed by atoms with Gasteiger partial charge in [-0.2, -0.15) is 5.10 Å². The minimum atomic E-state index is -0.354. The van der Waals surface area contributed by atoms with Gasteiger partial charge in [-0.1, -0.05) is 0 Å². The molecule has 0 bridgehead atoms. The monoisotopic (exact) mass is 659 g/mol. The zero-order valence-electron chi connectivity index (χ0n) is 27.1. The number of fused-ring (bicyclic) bond motifs is 2. The third kappa shape index (κ3) is 6.87. The van der Waals surface area contributed by atoms with Crippen LogP contribution in [0.3, 0.4) is 0 Å². The number of hydrogen-bond acceptors (Lipinski definition) is 8. The Labute approximate surface area is 282 Å². The smallest absolute Gasteiger partial charge is 0.224 e. The van der Waals surface area contributed by atoms with Crippen LogP contribution >= 0.6 is 0 Å². The van der Waals surface area contributed by atoms with Crippen molar-refractivity contribution in [1.29, 1.82) is 0 Å². The number of benzene rings is 1. The van der Waals surface area contributed by atoms with Crippen molar-refractivity contribution in [2.75, 3.05) is 44.6 Å². The Morgan fingerprint density at radius 1 is 0.959 bits per heavy atom. The molecule has 7 heterocycles. The molecule has 2 fully saturated rings. The number of anilines is 1. The molecule has 0 unspecified atom stereocenters. The number of rotatable bonds is 10. The lowest BCUT2D eigenvalue weighted by molar-refractivity contribution is -0.117. The molecule has 0 aliphatic carbocycles. The predicted octanol–water partition coefficient (Wildman–Crippen LogP) is 6.17. The SMILES string of the molecule is O=C(CC1CCNCC1)Nc1cncc(-c2cnc3n[nH]c(-c4cc5c(-c6cc(F)cc(OCCN7CCCC7)c6)ccnc5[nH]4)c3c2)c1. The van der Waals surface area contributed by atoms with E-state index in [9.17, 15) is 9.18 Å². The zero-order chi connectivity index (χ0) is 33.2. The van der Waals surface area contributed by atoms with E-state index in [-0.39, 0.29) is 11.7 Å². The van der Waals surface area contributed by atoms with Gasteiger partial charge in [0.05, 0.1) is 23.3 Å². The van der Waals surface area contributed by atoms with Gasteiger partial charge in [0.15, 0.2) is 5.65 Å². The number of nitrogens with zero attached hydrogens (tertiary/aromatic N) is 5. The summed E-state index contributed by atoms with van der Waals surface area (Å²) in [5.41, 5.74) is 6.60. The Bertz CT molecular complexity index is 2110. The van der Waals surface area contributed by atoms with Gasteiger partial charge in [-0.25, -0.2) is 14.4 Å². The maximum Gasteiger partial charge on any atom is 0.224 e. The van der Waals surface area contributed by atoms with Gasteiger partial charge in [-0.05, 0) is 105 Å². The van der Waals surface area contributed by atoms with Crippen molar-refractivity contribution in [2.45, 2.75) is 32.1 Å². The number of piperidine rings is 1. The highest BCUT2D eigenvalue weighted by atomic mass is 19.1. The van der Waals surface area contributed by atoms with Gasteiger partial charge < -0.3 is 20.4 Å². The number of carbonyl (C=O) groups is 1. The zero-order valence-corrected chi connectivity index (χ0v) is 27.1. The number of aromatic nitrogens is 6. The molecule has 2 aliphatic rings. The van der Waals surface area contributed by atoms with Crippen molar-refractivity contribution in [3.8, 4) is 39.4 Å². The highest BCUT2D eigenvalue weighted by molar-refractivity contribution is 6.00. The van der Waals surface area contributed by atoms with E-state index in [1.165, 1.54) is 25.0 Å². The lowest BCUT2D eigenvalue weighted by Crippen LogP contribution is -2.30. The number of pyridine rings is 3. The number of likely N-dealkylation sites (tertiary alicyclic amines) is 1. The first-order chi connectivity index (χ1) is 24.1. The number of ether oxygens (including phenoxy) is 1. The molecule has 4 N–H and O–H groups in total. The second kappa shape index (κ2) is 13.7. The molecule has 2 saturated heterocycles. The molecule has 8 rings (SSSR count). The van der Waals surface area contributed by atoms with Crippen LogP contribution in [0.5, 0.6) is 5.75 Å². The number of aromatic amines is 2. The van der Waals surface area contributed by atoms with E-state index in [1.54, 1.807) is 24.8 Å². The maximum atomic E-state index is 14.8. The fourth-order valence-electron chi connectivity index (χ4n) is 7.00. The minimum Gasteiger partial charge on any atom is -0.492 e. The Morgan fingerprint density at radius 3 is 2.69 bits per heavy atom. The Balaban J connectivity index is 1.05. The van der Waals surface area contributed by atoms with Gasteiger partial charge >= 0.3 is 0 Å². The van der Waals surface area contributed by atoms with Gasteiger partial charge in [0, 0.05) is 59.5 Å². The second-order valence-corrected chi connectivity index (χ2v) is 13.0. The molecule has 49 heavy (non-hydrogen) atoms. The number of nitrogens with one attached hydrogen (secondary N) is 4. The van der Waals surface area contributed by atoms with Crippen LogP contribution in [-0.2, 0) is 4.79 Å². The molecule has 11 nitrogen and oxygen atoms in total. The summed E-state index contributed by atoms with van der Waals surface area (Å²) in [4.78, 5) is 32.1. The van der Waals surface area contributed by atoms with Crippen LogP contribution in [-0.4, -0.2) is 80.3 Å². The van der Waals surface area contributed by atoms with Crippen LogP contribution in [0, 0.1) is 11.7 Å². The number of hydrogen-bond donors (Lipinski definition) is 4. The summed E-state index contributed by atoms with van der Waals surface area (Å²) in [5.74, 6) is 0.553. The van der Waals surface area contributed by atoms with Crippen molar-refractivity contribution in [3.63, 3.8) is 0 Å². The summed E-state index contributed by atoms with van der Waals surface area (Å²) >= 11 is 0. The molecule has 12 heteroatoms. The first-order valence-corrected chi connectivity index (χ1v) is 17.0. The fourth-order valence-corrected chi connectivity index (χ4v) is 7.00. The third-order valence-electron chi connectivity index (χ3n) is 9.56. The summed E-state index contributed by atoms with van der Waals surface area (Å²) in [7, 11) is 0. The lowest BCUT2D eigenvalue weighted by atomic mass is 9.94. The van der Waals surface area contributed by atoms with Crippen molar-refractivity contribution in [3.05, 3.63) is 73.1 Å². The van der Waals surface area contributed by atoms with Gasteiger partial charge in [0.2, 0.25) is 5.91 Å². The van der Waals surface area contributed by atoms with Crippen molar-refractivity contribution in [1.82, 2.24) is 40.3 Å². The average molecular weight is 660 g/mol. The molecule has 0 atom stereocenters. The summed E-state index contributed by atoms with van der Waals surface area (Å²) in [6.07, 6.45) is 11.9. The fraction of sp³-hybridized carbons (Fsp3) is 0.324. The third-order valence-corrected chi connectivity index (χ3v) is 9.56. The molecule has 250 valence electrons. The van der Waals surface area contributed by atoms with Crippen LogP contribution in [0.2, 0.25) is 0 Å². The van der Waals surface area contributed by atoms with Crippen LogP contribution in [0.25, 0.3) is 55.7 Å². The number of H-pyrrole nitrogens is 2.